The maximum absolute atomic E-state index is 13.2. The molecule has 0 amide bonds. The van der Waals surface area contributed by atoms with E-state index in [1.165, 1.54) is 18.2 Å². The van der Waals surface area contributed by atoms with E-state index in [9.17, 15) is 24.6 Å². The molecule has 49 heavy (non-hydrogen) atoms. The van der Waals surface area contributed by atoms with E-state index < -0.39 is 23.5 Å². The summed E-state index contributed by atoms with van der Waals surface area (Å²) in [5.41, 5.74) is 4.61. The first-order valence-corrected chi connectivity index (χ1v) is 16.2. The van der Waals surface area contributed by atoms with Gasteiger partial charge in [-0.3, -0.25) is 14.4 Å². The molecule has 2 aromatic carbocycles. The minimum atomic E-state index is -0.920. The van der Waals surface area contributed by atoms with Gasteiger partial charge in [-0.15, -0.1) is 0 Å². The van der Waals surface area contributed by atoms with Crippen molar-refractivity contribution in [3.63, 3.8) is 0 Å². The van der Waals surface area contributed by atoms with Gasteiger partial charge in [0.1, 0.15) is 17.2 Å². The summed E-state index contributed by atoms with van der Waals surface area (Å²) in [5.74, 6) is -1.24. The zero-order valence-corrected chi connectivity index (χ0v) is 29.1. The normalized spacial score (nSPS) is 17.3. The molecule has 2 N–H and O–H groups in total. The van der Waals surface area contributed by atoms with Crippen LogP contribution >= 0.6 is 0 Å². The highest BCUT2D eigenvalue weighted by atomic mass is 16.6. The summed E-state index contributed by atoms with van der Waals surface area (Å²) in [7, 11) is 0. The van der Waals surface area contributed by atoms with Crippen molar-refractivity contribution in [3.8, 4) is 17.2 Å². The van der Waals surface area contributed by atoms with Crippen LogP contribution < -0.4 is 4.74 Å². The van der Waals surface area contributed by atoms with Gasteiger partial charge in [0, 0.05) is 12.5 Å². The van der Waals surface area contributed by atoms with Crippen LogP contribution in [-0.2, 0) is 19.1 Å². The first-order chi connectivity index (χ1) is 23.3. The molecule has 3 rings (SSSR count). The Hall–Kier alpha value is -5.43. The monoisotopic (exact) mass is 662 g/mol. The number of hydrogen-bond donors (Lipinski definition) is 2. The van der Waals surface area contributed by atoms with Crippen LogP contribution in [0.2, 0.25) is 0 Å². The summed E-state index contributed by atoms with van der Waals surface area (Å²) in [5, 5.41) is 19.2. The van der Waals surface area contributed by atoms with Gasteiger partial charge in [0.05, 0.1) is 12.8 Å². The minimum Gasteiger partial charge on any atom is -0.508 e. The number of rotatable bonds is 13. The zero-order chi connectivity index (χ0) is 36.0. The fourth-order valence-corrected chi connectivity index (χ4v) is 5.21. The number of carbonyl (C=O) groups is 3. The highest BCUT2D eigenvalue weighted by Gasteiger charge is 2.39. The first kappa shape index (κ1) is 38.0. The Bertz CT molecular complexity index is 1740. The number of phenolic OH excluding ortho intramolecular Hbond substituents is 2. The molecule has 0 heterocycles. The molecule has 0 saturated carbocycles. The molecular weight excluding hydrogens is 616 g/mol. The summed E-state index contributed by atoms with van der Waals surface area (Å²) >= 11 is 0. The van der Waals surface area contributed by atoms with E-state index in [0.717, 1.165) is 22.3 Å². The number of aromatic hydroxyl groups is 2. The number of hydrogen-bond acceptors (Lipinski definition) is 7. The maximum atomic E-state index is 13.2. The Morgan fingerprint density at radius 1 is 0.816 bits per heavy atom. The van der Waals surface area contributed by atoms with Gasteiger partial charge in [0.2, 0.25) is 0 Å². The van der Waals surface area contributed by atoms with Crippen LogP contribution in [-0.4, -0.2) is 34.0 Å². The quantitative estimate of drug-likeness (QED) is 0.0952. The van der Waals surface area contributed by atoms with Crippen LogP contribution in [0.4, 0.5) is 0 Å². The Kier molecular flexibility index (Phi) is 14.1. The lowest BCUT2D eigenvalue weighted by atomic mass is 9.71. The third-order valence-corrected chi connectivity index (χ3v) is 7.81. The van der Waals surface area contributed by atoms with Crippen LogP contribution in [0.15, 0.2) is 126 Å². The summed E-state index contributed by atoms with van der Waals surface area (Å²) in [6, 6.07) is 11.0. The predicted molar refractivity (Wildman–Crippen MR) is 196 cm³/mol. The van der Waals surface area contributed by atoms with Crippen LogP contribution in [0.5, 0.6) is 17.2 Å². The van der Waals surface area contributed by atoms with Gasteiger partial charge in [0.25, 0.3) is 0 Å². The largest absolute Gasteiger partial charge is 0.508 e. The van der Waals surface area contributed by atoms with Crippen molar-refractivity contribution in [1.82, 2.24) is 0 Å². The standard InChI is InChI=1S/C42H46O7/c1-7-8-9-10-12-29(2)13-11-14-30(3)15-22-37-31(4)41(47)38(28-42(37,5)6)49-40(46)24-23-39(45)48-36-20-18-32(19-21-36)16-17-33-25-34(43)27-35(44)26-33/h7-22,25-27,38,43-44H,23-24,28H2,1-6H3. The number of ether oxygens (including phenoxy) is 2. The average Bonchev–Trinajstić information content (AvgIpc) is 3.03. The molecule has 0 radical (unpaired) electrons. The highest BCUT2D eigenvalue weighted by Crippen LogP contribution is 2.41. The molecule has 0 saturated heterocycles. The van der Waals surface area contributed by atoms with Crippen molar-refractivity contribution < 1.29 is 34.1 Å². The number of esters is 2. The molecule has 0 spiro atoms. The molecule has 0 aromatic heterocycles. The lowest BCUT2D eigenvalue weighted by molar-refractivity contribution is -0.157. The second-order valence-electron chi connectivity index (χ2n) is 12.6. The number of benzene rings is 2. The summed E-state index contributed by atoms with van der Waals surface area (Å²) in [6.45, 7) is 11.8. The topological polar surface area (TPSA) is 110 Å². The number of carbonyl (C=O) groups excluding carboxylic acids is 3. The molecular formula is C42H46O7. The Labute approximate surface area is 289 Å². The average molecular weight is 663 g/mol. The van der Waals surface area contributed by atoms with E-state index in [1.54, 1.807) is 43.3 Å². The molecule has 0 aliphatic heterocycles. The molecule has 1 aliphatic carbocycles. The molecule has 1 unspecified atom stereocenters. The molecule has 1 aliphatic rings. The molecule has 256 valence electrons. The van der Waals surface area contributed by atoms with Crippen molar-refractivity contribution in [2.45, 2.75) is 66.9 Å². The lowest BCUT2D eigenvalue weighted by Crippen LogP contribution is -2.39. The fourth-order valence-electron chi connectivity index (χ4n) is 5.21. The Morgan fingerprint density at radius 2 is 1.43 bits per heavy atom. The third-order valence-electron chi connectivity index (χ3n) is 7.81. The molecule has 1 atom stereocenters. The summed E-state index contributed by atoms with van der Waals surface area (Å²) < 4.78 is 10.9. The second-order valence-corrected chi connectivity index (χ2v) is 12.6. The summed E-state index contributed by atoms with van der Waals surface area (Å²) in [4.78, 5) is 38.3. The molecule has 7 heteroatoms. The smallest absolute Gasteiger partial charge is 0.311 e. The van der Waals surface area contributed by atoms with Gasteiger partial charge < -0.3 is 19.7 Å². The minimum absolute atomic E-state index is 0.0411. The van der Waals surface area contributed by atoms with E-state index >= 15 is 0 Å². The van der Waals surface area contributed by atoms with Crippen LogP contribution in [0.3, 0.4) is 0 Å². The van der Waals surface area contributed by atoms with Gasteiger partial charge >= 0.3 is 11.9 Å². The fraction of sp³-hybridized carbons (Fsp3) is 0.262. The lowest BCUT2D eigenvalue weighted by Gasteiger charge is -2.36. The first-order valence-electron chi connectivity index (χ1n) is 16.2. The number of phenols is 2. The van der Waals surface area contributed by atoms with Crippen molar-refractivity contribution in [2.75, 3.05) is 0 Å². The van der Waals surface area contributed by atoms with Crippen LogP contribution in [0, 0.1) is 5.41 Å². The second kappa shape index (κ2) is 18.2. The Balaban J connectivity index is 1.52. The van der Waals surface area contributed by atoms with Gasteiger partial charge in [-0.05, 0) is 79.6 Å². The van der Waals surface area contributed by atoms with Crippen molar-refractivity contribution in [2.24, 2.45) is 5.41 Å². The van der Waals surface area contributed by atoms with Gasteiger partial charge in [-0.1, -0.05) is 110 Å². The highest BCUT2D eigenvalue weighted by molar-refractivity contribution is 6.01. The van der Waals surface area contributed by atoms with E-state index in [4.69, 9.17) is 9.47 Å². The van der Waals surface area contributed by atoms with E-state index in [0.29, 0.717) is 23.3 Å². The van der Waals surface area contributed by atoms with Crippen molar-refractivity contribution in [3.05, 3.63) is 137 Å². The van der Waals surface area contributed by atoms with Gasteiger partial charge in [-0.2, -0.15) is 0 Å². The zero-order valence-electron chi connectivity index (χ0n) is 29.1. The SMILES string of the molecule is CC=CC=CC=C(C)C=CC=C(C)C=CC1=C(C)C(=O)C(OC(=O)CCC(=O)Oc2ccc(C=Cc3cc(O)cc(O)c3)cc2)CC1(C)C. The molecule has 7 nitrogen and oxygen atoms in total. The third kappa shape index (κ3) is 12.6. The van der Waals surface area contributed by atoms with Crippen molar-refractivity contribution >= 4 is 29.9 Å². The van der Waals surface area contributed by atoms with Crippen LogP contribution in [0.1, 0.15) is 71.9 Å². The van der Waals surface area contributed by atoms with Gasteiger partial charge in [-0.25, -0.2) is 0 Å². The predicted octanol–water partition coefficient (Wildman–Crippen LogP) is 9.32. The molecule has 0 bridgehead atoms. The Morgan fingerprint density at radius 3 is 2.10 bits per heavy atom. The van der Waals surface area contributed by atoms with E-state index in [-0.39, 0.29) is 30.1 Å². The summed E-state index contributed by atoms with van der Waals surface area (Å²) in [6.07, 6.45) is 22.4. The molecule has 2 aromatic rings. The number of allylic oxidation sites excluding steroid dienone is 13. The van der Waals surface area contributed by atoms with E-state index in [2.05, 4.69) is 0 Å². The van der Waals surface area contributed by atoms with Crippen LogP contribution in [0.25, 0.3) is 12.2 Å². The number of ketones is 1. The van der Waals surface area contributed by atoms with E-state index in [1.807, 2.05) is 95.4 Å². The maximum Gasteiger partial charge on any atom is 0.311 e. The van der Waals surface area contributed by atoms with Crippen molar-refractivity contribution in [1.29, 1.82) is 0 Å². The van der Waals surface area contributed by atoms with Gasteiger partial charge in [0.15, 0.2) is 11.9 Å². The number of Topliss-reactive ketones (excluding diaryl/α,β-unsaturated/α-hetero) is 1. The molecule has 0 fully saturated rings.